The third-order valence-electron chi connectivity index (χ3n) is 5.65. The van der Waals surface area contributed by atoms with Crippen molar-refractivity contribution in [3.05, 3.63) is 0 Å². The van der Waals surface area contributed by atoms with Crippen molar-refractivity contribution in [3.63, 3.8) is 0 Å². The van der Waals surface area contributed by atoms with Gasteiger partial charge in [0.25, 0.3) is 0 Å². The van der Waals surface area contributed by atoms with Gasteiger partial charge >= 0.3 is 0 Å². The molecule has 1 atom stereocenters. The highest BCUT2D eigenvalue weighted by atomic mass is 16.3. The molecule has 1 amide bonds. The van der Waals surface area contributed by atoms with Gasteiger partial charge in [0.15, 0.2) is 0 Å². The molecule has 0 bridgehead atoms. The topological polar surface area (TPSA) is 43.8 Å². The number of amides is 1. The number of nitrogens with zero attached hydrogens (tertiary/aromatic N) is 2. The Hall–Kier alpha value is -0.610. The summed E-state index contributed by atoms with van der Waals surface area (Å²) in [5, 5.41) is 9.50. The van der Waals surface area contributed by atoms with Gasteiger partial charge in [0, 0.05) is 25.6 Å². The number of aliphatic hydroxyl groups excluding tert-OH is 1. The maximum absolute atomic E-state index is 12.1. The molecule has 3 fully saturated rings. The second-order valence-corrected chi connectivity index (χ2v) is 7.26. The minimum atomic E-state index is -0.233. The van der Waals surface area contributed by atoms with Gasteiger partial charge in [0.2, 0.25) is 5.91 Å². The molecule has 0 aromatic rings. The summed E-state index contributed by atoms with van der Waals surface area (Å²) < 4.78 is 0. The summed E-state index contributed by atoms with van der Waals surface area (Å²) in [6.07, 6.45) is 7.72. The fourth-order valence-electron chi connectivity index (χ4n) is 4.07. The standard InChI is InChI=1S/C16H28N2O2/c1-13(19)11-17-9-7-16(8-10-17)6-5-15(20)18(12-16)14-3-2-4-14/h13-14,19H,2-12H2,1H3. The first-order valence-corrected chi connectivity index (χ1v) is 8.28. The van der Waals surface area contributed by atoms with E-state index in [1.807, 2.05) is 6.92 Å². The highest BCUT2D eigenvalue weighted by molar-refractivity contribution is 5.77. The number of likely N-dealkylation sites (tertiary alicyclic amines) is 2. The highest BCUT2D eigenvalue weighted by Gasteiger charge is 2.43. The Bertz CT molecular complexity index is 357. The van der Waals surface area contributed by atoms with Crippen LogP contribution in [0.4, 0.5) is 0 Å². The van der Waals surface area contributed by atoms with E-state index in [4.69, 9.17) is 0 Å². The third-order valence-corrected chi connectivity index (χ3v) is 5.65. The van der Waals surface area contributed by atoms with Crippen LogP contribution in [0.2, 0.25) is 0 Å². The van der Waals surface area contributed by atoms with Crippen LogP contribution in [-0.2, 0) is 4.79 Å². The molecule has 1 aliphatic carbocycles. The van der Waals surface area contributed by atoms with Gasteiger partial charge < -0.3 is 14.9 Å². The molecular formula is C16H28N2O2. The first-order valence-electron chi connectivity index (χ1n) is 8.28. The van der Waals surface area contributed by atoms with Crippen molar-refractivity contribution < 1.29 is 9.90 Å². The summed E-state index contributed by atoms with van der Waals surface area (Å²) >= 11 is 0. The van der Waals surface area contributed by atoms with Crippen LogP contribution in [-0.4, -0.2) is 59.1 Å². The lowest BCUT2D eigenvalue weighted by Gasteiger charge is -2.51. The van der Waals surface area contributed by atoms with Crippen LogP contribution in [0.15, 0.2) is 0 Å². The van der Waals surface area contributed by atoms with E-state index in [-0.39, 0.29) is 6.10 Å². The van der Waals surface area contributed by atoms with Crippen LogP contribution >= 0.6 is 0 Å². The van der Waals surface area contributed by atoms with Crippen molar-refractivity contribution in [2.75, 3.05) is 26.2 Å². The van der Waals surface area contributed by atoms with Crippen molar-refractivity contribution in [2.45, 2.75) is 64.0 Å². The van der Waals surface area contributed by atoms with Crippen LogP contribution in [0.3, 0.4) is 0 Å². The Kier molecular flexibility index (Phi) is 4.04. The molecule has 2 saturated heterocycles. The van der Waals surface area contributed by atoms with Gasteiger partial charge in [-0.2, -0.15) is 0 Å². The van der Waals surface area contributed by atoms with E-state index in [1.54, 1.807) is 0 Å². The van der Waals surface area contributed by atoms with Crippen molar-refractivity contribution in [1.82, 2.24) is 9.80 Å². The van der Waals surface area contributed by atoms with Crippen LogP contribution in [0, 0.1) is 5.41 Å². The van der Waals surface area contributed by atoms with Crippen molar-refractivity contribution >= 4 is 5.91 Å². The van der Waals surface area contributed by atoms with Crippen molar-refractivity contribution in [2.24, 2.45) is 5.41 Å². The van der Waals surface area contributed by atoms with E-state index in [2.05, 4.69) is 9.80 Å². The highest BCUT2D eigenvalue weighted by Crippen LogP contribution is 2.42. The summed E-state index contributed by atoms with van der Waals surface area (Å²) in [6.45, 7) is 5.82. The summed E-state index contributed by atoms with van der Waals surface area (Å²) in [5.74, 6) is 0.395. The third kappa shape index (κ3) is 2.86. The van der Waals surface area contributed by atoms with E-state index < -0.39 is 0 Å². The minimum Gasteiger partial charge on any atom is -0.392 e. The molecule has 3 aliphatic rings. The Balaban J connectivity index is 1.58. The normalized spacial score (nSPS) is 29.5. The lowest BCUT2D eigenvalue weighted by Crippen LogP contribution is -2.56. The molecule has 4 heteroatoms. The van der Waals surface area contributed by atoms with Gasteiger partial charge in [-0.25, -0.2) is 0 Å². The fourth-order valence-corrected chi connectivity index (χ4v) is 4.07. The Labute approximate surface area is 122 Å². The van der Waals surface area contributed by atoms with Gasteiger partial charge in [-0.1, -0.05) is 0 Å². The second kappa shape index (κ2) is 5.64. The quantitative estimate of drug-likeness (QED) is 0.854. The molecule has 1 N–H and O–H groups in total. The molecule has 0 radical (unpaired) electrons. The predicted molar refractivity (Wildman–Crippen MR) is 78.4 cm³/mol. The van der Waals surface area contributed by atoms with Gasteiger partial charge in [-0.3, -0.25) is 4.79 Å². The summed E-state index contributed by atoms with van der Waals surface area (Å²) in [4.78, 5) is 16.7. The number of aliphatic hydroxyl groups is 1. The van der Waals surface area contributed by atoms with Gasteiger partial charge in [0.05, 0.1) is 6.10 Å². The number of rotatable bonds is 3. The SMILES string of the molecule is CC(O)CN1CCC2(CCC(=O)N(C3CCC3)C2)CC1. The zero-order chi connectivity index (χ0) is 14.2. The van der Waals surface area contributed by atoms with E-state index >= 15 is 0 Å². The average molecular weight is 280 g/mol. The van der Waals surface area contributed by atoms with Crippen LogP contribution in [0.1, 0.15) is 51.9 Å². The molecule has 0 aromatic carbocycles. The van der Waals surface area contributed by atoms with E-state index in [0.717, 1.165) is 39.0 Å². The van der Waals surface area contributed by atoms with Gasteiger partial charge in [-0.05, 0) is 64.0 Å². The minimum absolute atomic E-state index is 0.233. The zero-order valence-electron chi connectivity index (χ0n) is 12.7. The zero-order valence-corrected chi connectivity index (χ0v) is 12.7. The molecule has 0 aromatic heterocycles. The lowest BCUT2D eigenvalue weighted by molar-refractivity contribution is -0.144. The first kappa shape index (κ1) is 14.3. The smallest absolute Gasteiger partial charge is 0.222 e. The molecule has 20 heavy (non-hydrogen) atoms. The first-order chi connectivity index (χ1) is 9.58. The number of hydrogen-bond acceptors (Lipinski definition) is 3. The van der Waals surface area contributed by atoms with Crippen molar-refractivity contribution in [3.8, 4) is 0 Å². The van der Waals surface area contributed by atoms with Gasteiger partial charge in [-0.15, -0.1) is 0 Å². The Morgan fingerprint density at radius 3 is 2.55 bits per heavy atom. The van der Waals surface area contributed by atoms with Crippen LogP contribution in [0.25, 0.3) is 0 Å². The molecule has 114 valence electrons. The Morgan fingerprint density at radius 1 is 1.30 bits per heavy atom. The number of carbonyl (C=O) groups is 1. The summed E-state index contributed by atoms with van der Waals surface area (Å²) in [5.41, 5.74) is 0.374. The second-order valence-electron chi connectivity index (χ2n) is 7.26. The number of carbonyl (C=O) groups excluding carboxylic acids is 1. The average Bonchev–Trinajstić information content (AvgIpc) is 2.35. The maximum atomic E-state index is 12.1. The van der Waals surface area contributed by atoms with Gasteiger partial charge in [0.1, 0.15) is 0 Å². The molecule has 3 rings (SSSR count). The Morgan fingerprint density at radius 2 is 2.00 bits per heavy atom. The molecule has 1 unspecified atom stereocenters. The molecule has 1 saturated carbocycles. The van der Waals surface area contributed by atoms with E-state index in [0.29, 0.717) is 17.4 Å². The number of piperidine rings is 2. The van der Waals surface area contributed by atoms with E-state index in [9.17, 15) is 9.90 Å². The van der Waals surface area contributed by atoms with Crippen LogP contribution < -0.4 is 0 Å². The summed E-state index contributed by atoms with van der Waals surface area (Å²) in [6, 6.07) is 0.551. The molecule has 4 nitrogen and oxygen atoms in total. The monoisotopic (exact) mass is 280 g/mol. The molecular weight excluding hydrogens is 252 g/mol. The predicted octanol–water partition coefficient (Wildman–Crippen LogP) is 1.62. The number of hydrogen-bond donors (Lipinski definition) is 1. The van der Waals surface area contributed by atoms with Crippen LogP contribution in [0.5, 0.6) is 0 Å². The van der Waals surface area contributed by atoms with Crippen molar-refractivity contribution in [1.29, 1.82) is 0 Å². The summed E-state index contributed by atoms with van der Waals surface area (Å²) in [7, 11) is 0. The largest absolute Gasteiger partial charge is 0.392 e. The molecule has 2 heterocycles. The lowest BCUT2D eigenvalue weighted by atomic mass is 9.71. The van der Waals surface area contributed by atoms with E-state index in [1.165, 1.54) is 32.1 Å². The molecule has 1 spiro atoms. The fraction of sp³-hybridized carbons (Fsp3) is 0.938. The maximum Gasteiger partial charge on any atom is 0.222 e. The number of β-amino-alcohol motifs (C(OH)–C–C–N with tert-alkyl or cyclic N) is 1. The molecule has 2 aliphatic heterocycles.